The second-order valence-electron chi connectivity index (χ2n) is 12.7. The first-order chi connectivity index (χ1) is 17.6. The molecule has 0 saturated carbocycles. The molecule has 3 saturated heterocycles. The highest BCUT2D eigenvalue weighted by Crippen LogP contribution is 2.34. The van der Waals surface area contributed by atoms with Gasteiger partial charge in [0.15, 0.2) is 0 Å². The van der Waals surface area contributed by atoms with Gasteiger partial charge in [-0.1, -0.05) is 34.1 Å². The van der Waals surface area contributed by atoms with Gasteiger partial charge in [-0.15, -0.1) is 0 Å². The number of nitrogens with one attached hydrogen (secondary N) is 6. The molecule has 3 rings (SSSR count). The molecule has 3 amide bonds. The van der Waals surface area contributed by atoms with Gasteiger partial charge in [-0.2, -0.15) is 11.8 Å². The summed E-state index contributed by atoms with van der Waals surface area (Å²) >= 11 is 1.94. The van der Waals surface area contributed by atoms with Gasteiger partial charge < -0.3 is 36.8 Å². The molecule has 37 heavy (non-hydrogen) atoms. The van der Waals surface area contributed by atoms with E-state index in [4.69, 9.17) is 0 Å². The Morgan fingerprint density at radius 2 is 1.59 bits per heavy atom. The lowest BCUT2D eigenvalue weighted by Gasteiger charge is -2.39. The molecule has 0 bridgehead atoms. The average Bonchev–Trinajstić information content (AvgIpc) is 3.35. The number of carbonyl (C=O) groups excluding carboxylic acids is 2. The van der Waals surface area contributed by atoms with Crippen molar-refractivity contribution in [2.24, 2.45) is 10.8 Å². The van der Waals surface area contributed by atoms with Crippen molar-refractivity contribution >= 4 is 23.7 Å². The van der Waals surface area contributed by atoms with Gasteiger partial charge in [-0.25, -0.2) is 4.79 Å². The number of thioether (sulfide) groups is 1. The number of fused-ring (bicyclic) bond motifs is 1. The van der Waals surface area contributed by atoms with E-state index in [1.54, 1.807) is 0 Å². The van der Waals surface area contributed by atoms with Crippen molar-refractivity contribution < 1.29 is 9.59 Å². The Morgan fingerprint density at radius 3 is 2.27 bits per heavy atom. The third-order valence-corrected chi connectivity index (χ3v) is 9.13. The number of unbranched alkanes of at least 4 members (excludes halogenated alkanes) is 1. The molecular weight excluding hydrogens is 486 g/mol. The van der Waals surface area contributed by atoms with Gasteiger partial charge in [-0.05, 0) is 30.1 Å². The molecule has 214 valence electrons. The third-order valence-electron chi connectivity index (χ3n) is 7.62. The maximum absolute atomic E-state index is 12.6. The van der Waals surface area contributed by atoms with Crippen LogP contribution in [0.4, 0.5) is 4.79 Å². The number of carbonyl (C=O) groups is 2. The molecular formula is C27H53N7O2S. The van der Waals surface area contributed by atoms with Crippen LogP contribution < -0.4 is 31.9 Å². The van der Waals surface area contributed by atoms with Crippen LogP contribution >= 0.6 is 11.8 Å². The molecule has 6 N–H and O–H groups in total. The summed E-state index contributed by atoms with van der Waals surface area (Å²) in [4.78, 5) is 26.7. The fraction of sp³-hybridized carbons (Fsp3) is 0.926. The largest absolute Gasteiger partial charge is 0.356 e. The summed E-state index contributed by atoms with van der Waals surface area (Å²) in [5, 5.41) is 20.3. The first-order valence-corrected chi connectivity index (χ1v) is 15.5. The second-order valence-corrected chi connectivity index (χ2v) is 13.9. The lowest BCUT2D eigenvalue weighted by molar-refractivity contribution is -0.121. The number of rotatable bonds is 11. The zero-order chi connectivity index (χ0) is 26.7. The van der Waals surface area contributed by atoms with Crippen molar-refractivity contribution in [3.63, 3.8) is 0 Å². The molecule has 0 aromatic carbocycles. The zero-order valence-electron chi connectivity index (χ0n) is 23.7. The zero-order valence-corrected chi connectivity index (χ0v) is 24.5. The van der Waals surface area contributed by atoms with E-state index >= 15 is 0 Å². The van der Waals surface area contributed by atoms with Crippen LogP contribution in [0, 0.1) is 10.8 Å². The Labute approximate surface area is 229 Å². The average molecular weight is 540 g/mol. The lowest BCUT2D eigenvalue weighted by Crippen LogP contribution is -2.46. The van der Waals surface area contributed by atoms with E-state index in [0.29, 0.717) is 18.2 Å². The fourth-order valence-electron chi connectivity index (χ4n) is 6.19. The maximum Gasteiger partial charge on any atom is 0.315 e. The smallest absolute Gasteiger partial charge is 0.315 e. The highest BCUT2D eigenvalue weighted by molar-refractivity contribution is 8.00. The van der Waals surface area contributed by atoms with Crippen molar-refractivity contribution in [3.05, 3.63) is 0 Å². The molecule has 0 aromatic heterocycles. The van der Waals surface area contributed by atoms with Crippen LogP contribution in [0.3, 0.4) is 0 Å². The molecule has 3 aliphatic rings. The Kier molecular flexibility index (Phi) is 12.3. The Morgan fingerprint density at radius 1 is 0.946 bits per heavy atom. The van der Waals surface area contributed by atoms with Gasteiger partial charge in [0, 0.05) is 82.9 Å². The van der Waals surface area contributed by atoms with Gasteiger partial charge in [-0.3, -0.25) is 4.79 Å². The van der Waals surface area contributed by atoms with Crippen LogP contribution in [0.25, 0.3) is 0 Å². The fourth-order valence-corrected chi connectivity index (χ4v) is 7.74. The number of nitrogens with zero attached hydrogens (tertiary/aromatic N) is 1. The van der Waals surface area contributed by atoms with Crippen LogP contribution in [0.5, 0.6) is 0 Å². The van der Waals surface area contributed by atoms with E-state index in [0.717, 1.165) is 90.3 Å². The van der Waals surface area contributed by atoms with Crippen molar-refractivity contribution in [1.82, 2.24) is 36.8 Å². The van der Waals surface area contributed by atoms with Crippen molar-refractivity contribution in [3.8, 4) is 0 Å². The predicted molar refractivity (Wildman–Crippen MR) is 154 cm³/mol. The normalized spacial score (nSPS) is 26.5. The van der Waals surface area contributed by atoms with Gasteiger partial charge in [0.25, 0.3) is 0 Å². The molecule has 0 radical (unpaired) electrons. The maximum atomic E-state index is 12.6. The van der Waals surface area contributed by atoms with Gasteiger partial charge in [0.05, 0.1) is 12.1 Å². The highest BCUT2D eigenvalue weighted by Gasteiger charge is 2.42. The molecule has 0 aliphatic carbocycles. The van der Waals surface area contributed by atoms with Crippen LogP contribution in [0.1, 0.15) is 59.8 Å². The summed E-state index contributed by atoms with van der Waals surface area (Å²) in [6.45, 7) is 19.3. The van der Waals surface area contributed by atoms with Gasteiger partial charge in [0.2, 0.25) is 5.91 Å². The topological polar surface area (TPSA) is 110 Å². The van der Waals surface area contributed by atoms with Crippen LogP contribution in [-0.4, -0.2) is 105 Å². The van der Waals surface area contributed by atoms with E-state index < -0.39 is 0 Å². The van der Waals surface area contributed by atoms with Crippen molar-refractivity contribution in [1.29, 1.82) is 0 Å². The summed E-state index contributed by atoms with van der Waals surface area (Å²) in [5.74, 6) is 1.15. The van der Waals surface area contributed by atoms with E-state index in [9.17, 15) is 9.59 Å². The molecule has 3 fully saturated rings. The van der Waals surface area contributed by atoms with Crippen LogP contribution in [-0.2, 0) is 4.79 Å². The van der Waals surface area contributed by atoms with Crippen LogP contribution in [0.2, 0.25) is 0 Å². The monoisotopic (exact) mass is 539 g/mol. The first kappa shape index (κ1) is 30.5. The van der Waals surface area contributed by atoms with E-state index in [2.05, 4.69) is 64.5 Å². The summed E-state index contributed by atoms with van der Waals surface area (Å²) < 4.78 is 0. The Balaban J connectivity index is 1.32. The molecule has 10 heteroatoms. The minimum Gasteiger partial charge on any atom is -0.356 e. The predicted octanol–water partition coefficient (Wildman–Crippen LogP) is 1.36. The molecule has 1 unspecified atom stereocenters. The highest BCUT2D eigenvalue weighted by atomic mass is 32.2. The molecule has 3 atom stereocenters. The molecule has 3 heterocycles. The number of amides is 3. The second kappa shape index (κ2) is 14.9. The number of hydrogen-bond donors (Lipinski definition) is 6. The van der Waals surface area contributed by atoms with Gasteiger partial charge >= 0.3 is 6.03 Å². The van der Waals surface area contributed by atoms with E-state index in [1.165, 1.54) is 0 Å². The van der Waals surface area contributed by atoms with Crippen molar-refractivity contribution in [2.75, 3.05) is 71.2 Å². The minimum absolute atomic E-state index is 0.0317. The summed E-state index contributed by atoms with van der Waals surface area (Å²) in [6, 6.07) is 0.494. The molecule has 0 spiro atoms. The summed E-state index contributed by atoms with van der Waals surface area (Å²) in [7, 11) is 0. The van der Waals surface area contributed by atoms with Crippen molar-refractivity contribution in [2.45, 2.75) is 77.1 Å². The minimum atomic E-state index is -0.0317. The quantitative estimate of drug-likeness (QED) is 0.174. The summed E-state index contributed by atoms with van der Waals surface area (Å²) in [5.41, 5.74) is 0.200. The molecule has 9 nitrogen and oxygen atoms in total. The number of hydrogen-bond acceptors (Lipinski definition) is 7. The first-order valence-electron chi connectivity index (χ1n) is 14.4. The number of urea groups is 1. The lowest BCUT2D eigenvalue weighted by atomic mass is 9.74. The van der Waals surface area contributed by atoms with Crippen LogP contribution in [0.15, 0.2) is 0 Å². The summed E-state index contributed by atoms with van der Waals surface area (Å²) in [6.07, 6.45) is 4.62. The van der Waals surface area contributed by atoms with E-state index in [1.807, 2.05) is 11.8 Å². The standard InChI is InChI=1S/C27H53N7O2S/c1-26(2,18-27(3,4)20-34-15-13-29-11-9-28-10-12-30-14-16-34)19-31-23(35)8-6-5-7-22-24-21(17-37-22)32-25(36)33-24/h21-22,24,28-30H,5-20H2,1-4H3,(H,31,35)(H2,32,33,36)/t21-,22?,24-/m0/s1. The van der Waals surface area contributed by atoms with Gasteiger partial charge in [0.1, 0.15) is 0 Å². The third kappa shape index (κ3) is 11.3. The Hall–Kier alpha value is -1.07. The van der Waals surface area contributed by atoms with E-state index in [-0.39, 0.29) is 34.9 Å². The Bertz CT molecular complexity index is 709. The molecule has 3 aliphatic heterocycles. The molecule has 0 aromatic rings. The SMILES string of the molecule is CC(C)(CNC(=O)CCCCC1SC[C@@H]2NC(=O)N[C@H]12)CC(C)(C)CN1CCNCCNCCNCC1.